The summed E-state index contributed by atoms with van der Waals surface area (Å²) in [5.41, 5.74) is 7.87. The molecule has 0 spiro atoms. The van der Waals surface area contributed by atoms with E-state index in [0.29, 0.717) is 12.5 Å². The van der Waals surface area contributed by atoms with Gasteiger partial charge in [0.05, 0.1) is 22.2 Å². The lowest BCUT2D eigenvalue weighted by Crippen LogP contribution is -2.11. The summed E-state index contributed by atoms with van der Waals surface area (Å²) in [5.74, 6) is 1.55. The van der Waals surface area contributed by atoms with Gasteiger partial charge < -0.3 is 10.5 Å². The topological polar surface area (TPSA) is 72.0 Å². The second kappa shape index (κ2) is 5.85. The number of benzene rings is 1. The highest BCUT2D eigenvalue weighted by Crippen LogP contribution is 2.42. The zero-order chi connectivity index (χ0) is 14.8. The number of nitrogens with one attached hydrogen (secondary N) is 1. The molecule has 1 aliphatic rings. The maximum atomic E-state index is 7.66. The van der Waals surface area contributed by atoms with Gasteiger partial charge in [-0.05, 0) is 37.5 Å². The number of ether oxygens (including phenoxy) is 1. The van der Waals surface area contributed by atoms with Crippen LogP contribution in [-0.2, 0) is 6.42 Å². The zero-order valence-corrected chi connectivity index (χ0v) is 12.9. The van der Waals surface area contributed by atoms with Gasteiger partial charge >= 0.3 is 0 Å². The fourth-order valence-corrected chi connectivity index (χ4v) is 3.26. The molecule has 0 atom stereocenters. The highest BCUT2D eigenvalue weighted by molar-refractivity contribution is 7.13. The van der Waals surface area contributed by atoms with E-state index < -0.39 is 0 Å². The number of nitrogen functional groups attached to an aromatic ring is 1. The lowest BCUT2D eigenvalue weighted by atomic mass is 10.2. The molecule has 0 saturated heterocycles. The van der Waals surface area contributed by atoms with Crippen LogP contribution in [0, 0.1) is 12.3 Å². The molecule has 5 heteroatoms. The van der Waals surface area contributed by atoms with Gasteiger partial charge in [-0.1, -0.05) is 12.1 Å². The summed E-state index contributed by atoms with van der Waals surface area (Å²) in [6.07, 6.45) is 3.10. The quantitative estimate of drug-likeness (QED) is 0.635. The number of hydrogen-bond donors (Lipinski definition) is 2. The lowest BCUT2D eigenvalue weighted by molar-refractivity contribution is 0.321. The van der Waals surface area contributed by atoms with Gasteiger partial charge in [0.1, 0.15) is 11.6 Å². The van der Waals surface area contributed by atoms with Crippen molar-refractivity contribution in [3.8, 4) is 5.75 Å². The van der Waals surface area contributed by atoms with Crippen LogP contribution in [0.5, 0.6) is 5.75 Å². The first-order valence-corrected chi connectivity index (χ1v) is 7.98. The van der Waals surface area contributed by atoms with Gasteiger partial charge in [-0.3, -0.25) is 5.41 Å². The fourth-order valence-electron chi connectivity index (χ4n) is 2.27. The normalized spacial score (nSPS) is 14.1. The molecule has 110 valence electrons. The van der Waals surface area contributed by atoms with E-state index in [1.165, 1.54) is 29.7 Å². The molecule has 3 rings (SSSR count). The summed E-state index contributed by atoms with van der Waals surface area (Å²) in [6, 6.07) is 8.03. The molecule has 1 heterocycles. The van der Waals surface area contributed by atoms with Crippen LogP contribution in [0.4, 0.5) is 0 Å². The van der Waals surface area contributed by atoms with Crippen molar-refractivity contribution in [2.75, 3.05) is 6.61 Å². The Morgan fingerprint density at radius 2 is 2.29 bits per heavy atom. The summed E-state index contributed by atoms with van der Waals surface area (Å²) in [5, 5.41) is 8.67. The van der Waals surface area contributed by atoms with Gasteiger partial charge in [0.15, 0.2) is 0 Å². The molecule has 1 fully saturated rings. The molecule has 0 bridgehead atoms. The fraction of sp³-hybridized carbons (Fsp3) is 0.375. The Morgan fingerprint density at radius 1 is 1.48 bits per heavy atom. The smallest absolute Gasteiger partial charge is 0.135 e. The van der Waals surface area contributed by atoms with E-state index in [-0.39, 0.29) is 5.84 Å². The molecule has 0 aliphatic heterocycles. The molecule has 4 nitrogen and oxygen atoms in total. The van der Waals surface area contributed by atoms with Gasteiger partial charge in [0, 0.05) is 12.3 Å². The third kappa shape index (κ3) is 3.42. The highest BCUT2D eigenvalue weighted by Gasteiger charge is 2.30. The van der Waals surface area contributed by atoms with Crippen LogP contribution in [0.3, 0.4) is 0 Å². The maximum Gasteiger partial charge on any atom is 0.135 e. The van der Waals surface area contributed by atoms with Gasteiger partial charge in [-0.25, -0.2) is 4.98 Å². The third-order valence-electron chi connectivity index (χ3n) is 3.48. The number of nitrogens with two attached hydrogens (primary N) is 1. The first-order valence-electron chi connectivity index (χ1n) is 7.17. The Balaban J connectivity index is 1.63. The lowest BCUT2D eigenvalue weighted by Gasteiger charge is -2.05. The molecule has 1 aromatic carbocycles. The minimum absolute atomic E-state index is 0.139. The average molecular weight is 301 g/mol. The number of aromatic nitrogens is 1. The van der Waals surface area contributed by atoms with Crippen LogP contribution < -0.4 is 10.5 Å². The van der Waals surface area contributed by atoms with Crippen molar-refractivity contribution in [2.45, 2.75) is 32.1 Å². The van der Waals surface area contributed by atoms with Crippen molar-refractivity contribution >= 4 is 17.2 Å². The molecule has 0 radical (unpaired) electrons. The number of thiazole rings is 1. The van der Waals surface area contributed by atoms with Crippen LogP contribution >= 0.6 is 11.3 Å². The Labute approximate surface area is 128 Å². The van der Waals surface area contributed by atoms with Crippen LogP contribution in [0.25, 0.3) is 0 Å². The van der Waals surface area contributed by atoms with E-state index in [9.17, 15) is 0 Å². The number of nitrogens with zero attached hydrogens (tertiary/aromatic N) is 1. The van der Waals surface area contributed by atoms with Crippen LogP contribution in [0.2, 0.25) is 0 Å². The van der Waals surface area contributed by atoms with Gasteiger partial charge in [0.25, 0.3) is 0 Å². The first-order chi connectivity index (χ1) is 10.1. The Kier molecular flexibility index (Phi) is 3.92. The van der Waals surface area contributed by atoms with E-state index >= 15 is 0 Å². The van der Waals surface area contributed by atoms with Crippen molar-refractivity contribution in [1.29, 1.82) is 5.41 Å². The number of aryl methyl sites for hydroxylation is 1. The maximum absolute atomic E-state index is 7.66. The van der Waals surface area contributed by atoms with Gasteiger partial charge in [-0.15, -0.1) is 11.3 Å². The molecule has 3 N–H and O–H groups in total. The highest BCUT2D eigenvalue weighted by atomic mass is 32.1. The van der Waals surface area contributed by atoms with E-state index in [4.69, 9.17) is 15.9 Å². The van der Waals surface area contributed by atoms with E-state index in [0.717, 1.165) is 27.7 Å². The number of amidine groups is 1. The van der Waals surface area contributed by atoms with Crippen LogP contribution in [-0.4, -0.2) is 17.4 Å². The second-order valence-corrected chi connectivity index (χ2v) is 6.51. The average Bonchev–Trinajstić information content (AvgIpc) is 3.19. The SMILES string of the molecule is Cc1cccc(OCCc2nc(C3CC3)c(C(=N)N)s2)c1. The summed E-state index contributed by atoms with van der Waals surface area (Å²) in [7, 11) is 0. The molecular weight excluding hydrogens is 282 g/mol. The molecule has 0 amide bonds. The van der Waals surface area contributed by atoms with E-state index in [1.807, 2.05) is 18.2 Å². The van der Waals surface area contributed by atoms with Crippen LogP contribution in [0.15, 0.2) is 24.3 Å². The second-order valence-electron chi connectivity index (χ2n) is 5.42. The predicted molar refractivity (Wildman–Crippen MR) is 85.5 cm³/mol. The Bertz CT molecular complexity index is 661. The molecular formula is C16H19N3OS. The van der Waals surface area contributed by atoms with Crippen molar-refractivity contribution in [3.63, 3.8) is 0 Å². The number of hydrogen-bond acceptors (Lipinski definition) is 4. The third-order valence-corrected chi connectivity index (χ3v) is 4.64. The van der Waals surface area contributed by atoms with Crippen molar-refractivity contribution < 1.29 is 4.74 Å². The standard InChI is InChI=1S/C16H19N3OS/c1-10-3-2-4-12(9-10)20-8-7-13-19-14(11-5-6-11)15(21-13)16(17)18/h2-4,9,11H,5-8H2,1H3,(H3,17,18). The molecule has 0 unspecified atom stereocenters. The van der Waals surface area contributed by atoms with Crippen molar-refractivity contribution in [1.82, 2.24) is 4.98 Å². The van der Waals surface area contributed by atoms with E-state index in [2.05, 4.69) is 18.0 Å². The van der Waals surface area contributed by atoms with Gasteiger partial charge in [-0.2, -0.15) is 0 Å². The Hall–Kier alpha value is -1.88. The summed E-state index contributed by atoms with van der Waals surface area (Å²) < 4.78 is 5.76. The minimum Gasteiger partial charge on any atom is -0.493 e. The molecule has 1 saturated carbocycles. The molecule has 21 heavy (non-hydrogen) atoms. The first kappa shape index (κ1) is 14.1. The monoisotopic (exact) mass is 301 g/mol. The van der Waals surface area contributed by atoms with E-state index in [1.54, 1.807) is 0 Å². The molecule has 2 aromatic rings. The van der Waals surface area contributed by atoms with Gasteiger partial charge in [0.2, 0.25) is 0 Å². The number of rotatable bonds is 6. The summed E-state index contributed by atoms with van der Waals surface area (Å²) in [4.78, 5) is 5.51. The Morgan fingerprint density at radius 3 is 2.95 bits per heavy atom. The van der Waals surface area contributed by atoms with Crippen LogP contribution in [0.1, 0.15) is 39.9 Å². The van der Waals surface area contributed by atoms with Crippen molar-refractivity contribution in [2.24, 2.45) is 5.73 Å². The zero-order valence-electron chi connectivity index (χ0n) is 12.1. The summed E-state index contributed by atoms with van der Waals surface area (Å²) in [6.45, 7) is 2.65. The van der Waals surface area contributed by atoms with Crippen molar-refractivity contribution in [3.05, 3.63) is 45.4 Å². The largest absolute Gasteiger partial charge is 0.493 e. The summed E-state index contributed by atoms with van der Waals surface area (Å²) >= 11 is 1.53. The molecule has 1 aliphatic carbocycles. The molecule has 1 aromatic heterocycles. The predicted octanol–water partition coefficient (Wildman–Crippen LogP) is 3.23. The minimum atomic E-state index is 0.139.